The first kappa shape index (κ1) is 18.5. The van der Waals surface area contributed by atoms with E-state index in [1.807, 2.05) is 25.7 Å². The topological polar surface area (TPSA) is 62.2 Å². The van der Waals surface area contributed by atoms with Crippen molar-refractivity contribution in [3.8, 4) is 0 Å². The predicted molar refractivity (Wildman–Crippen MR) is 89.4 cm³/mol. The van der Waals surface area contributed by atoms with Crippen molar-refractivity contribution in [1.29, 1.82) is 0 Å². The lowest BCUT2D eigenvalue weighted by Gasteiger charge is -2.34. The first-order chi connectivity index (χ1) is 11.3. The quantitative estimate of drug-likeness (QED) is 0.611. The largest absolute Gasteiger partial charge is 0.459 e. The molecular weight excluding hydrogens is 313 g/mol. The maximum Gasteiger partial charge on any atom is 0.320 e. The van der Waals surface area contributed by atoms with E-state index in [0.717, 1.165) is 13.1 Å². The molecule has 1 saturated heterocycles. The van der Waals surface area contributed by atoms with Gasteiger partial charge in [0.25, 0.3) is 0 Å². The number of nitroso groups, excluding NO2 is 1. The molecule has 0 N–H and O–H groups in total. The fraction of sp³-hybridized carbons (Fsp3) is 0.588. The third-order valence-corrected chi connectivity index (χ3v) is 3.77. The second kappa shape index (κ2) is 7.81. The van der Waals surface area contributed by atoms with Gasteiger partial charge in [-0.3, -0.25) is 14.6 Å². The molecule has 7 heteroatoms. The van der Waals surface area contributed by atoms with Crippen LogP contribution in [0, 0.1) is 10.7 Å². The normalized spacial score (nSPS) is 16.8. The van der Waals surface area contributed by atoms with Gasteiger partial charge in [-0.15, -0.1) is 4.91 Å². The molecule has 0 aliphatic carbocycles. The molecule has 2 rings (SSSR count). The maximum absolute atomic E-state index is 13.8. The number of hydrogen-bond donors (Lipinski definition) is 0. The monoisotopic (exact) mass is 337 g/mol. The summed E-state index contributed by atoms with van der Waals surface area (Å²) in [6.07, 6.45) is 0. The van der Waals surface area contributed by atoms with Gasteiger partial charge in [0.05, 0.1) is 6.54 Å². The number of halogens is 1. The number of piperazine rings is 1. The van der Waals surface area contributed by atoms with Crippen LogP contribution < -0.4 is 0 Å². The van der Waals surface area contributed by atoms with Crippen molar-refractivity contribution in [2.75, 3.05) is 32.7 Å². The Hall–Kier alpha value is -1.86. The zero-order valence-electron chi connectivity index (χ0n) is 14.4. The predicted octanol–water partition coefficient (Wildman–Crippen LogP) is 2.68. The Balaban J connectivity index is 1.83. The van der Waals surface area contributed by atoms with Crippen molar-refractivity contribution >= 4 is 11.7 Å². The van der Waals surface area contributed by atoms with Crippen LogP contribution in [0.1, 0.15) is 26.3 Å². The molecule has 6 nitrogen and oxygen atoms in total. The minimum Gasteiger partial charge on any atom is -0.459 e. The fourth-order valence-electron chi connectivity index (χ4n) is 2.64. The summed E-state index contributed by atoms with van der Waals surface area (Å²) < 4.78 is 19.1. The lowest BCUT2D eigenvalue weighted by atomic mass is 10.1. The number of hydrogen-bond acceptors (Lipinski definition) is 6. The summed E-state index contributed by atoms with van der Waals surface area (Å²) in [7, 11) is 0. The minimum absolute atomic E-state index is 0.230. The van der Waals surface area contributed by atoms with Gasteiger partial charge in [-0.05, 0) is 44.1 Å². The summed E-state index contributed by atoms with van der Waals surface area (Å²) in [6, 6.07) is 4.12. The third-order valence-electron chi connectivity index (χ3n) is 3.77. The van der Waals surface area contributed by atoms with Gasteiger partial charge < -0.3 is 4.74 Å². The van der Waals surface area contributed by atoms with E-state index >= 15 is 0 Å². The first-order valence-corrected chi connectivity index (χ1v) is 8.05. The number of carbonyl (C=O) groups excluding carboxylic acids is 1. The minimum atomic E-state index is -0.478. The second-order valence-corrected chi connectivity index (χ2v) is 7.01. The fourth-order valence-corrected chi connectivity index (χ4v) is 2.64. The van der Waals surface area contributed by atoms with E-state index in [0.29, 0.717) is 25.2 Å². The average Bonchev–Trinajstić information content (AvgIpc) is 2.49. The lowest BCUT2D eigenvalue weighted by molar-refractivity contribution is -0.156. The van der Waals surface area contributed by atoms with Crippen molar-refractivity contribution < 1.29 is 13.9 Å². The highest BCUT2D eigenvalue weighted by Crippen LogP contribution is 2.19. The van der Waals surface area contributed by atoms with Gasteiger partial charge in [0.2, 0.25) is 0 Å². The zero-order chi connectivity index (χ0) is 17.7. The van der Waals surface area contributed by atoms with Gasteiger partial charge in [0.15, 0.2) is 0 Å². The molecule has 0 saturated carbocycles. The molecule has 0 atom stereocenters. The number of esters is 1. The summed E-state index contributed by atoms with van der Waals surface area (Å²) >= 11 is 0. The van der Waals surface area contributed by atoms with Crippen LogP contribution in [0.2, 0.25) is 0 Å². The van der Waals surface area contributed by atoms with Crippen LogP contribution in [-0.4, -0.2) is 54.1 Å². The molecule has 0 spiro atoms. The SMILES string of the molecule is CC(C)(C)OC(=O)CN1CCN(Cc2cc(N=O)ccc2F)CC1. The number of ether oxygens (including phenoxy) is 1. The first-order valence-electron chi connectivity index (χ1n) is 8.05. The molecule has 1 heterocycles. The standard InChI is InChI=1S/C17H24FN3O3/c1-17(2,3)24-16(22)12-21-8-6-20(7-9-21)11-13-10-14(19-23)4-5-15(13)18/h4-5,10H,6-9,11-12H2,1-3H3. The van der Waals surface area contributed by atoms with Crippen molar-refractivity contribution in [2.24, 2.45) is 5.18 Å². The lowest BCUT2D eigenvalue weighted by Crippen LogP contribution is -2.48. The van der Waals surface area contributed by atoms with Crippen LogP contribution in [0.4, 0.5) is 10.1 Å². The number of rotatable bonds is 5. The van der Waals surface area contributed by atoms with Crippen LogP contribution in [0.25, 0.3) is 0 Å². The molecule has 1 aliphatic rings. The highest BCUT2D eigenvalue weighted by molar-refractivity contribution is 5.72. The van der Waals surface area contributed by atoms with Crippen LogP contribution in [-0.2, 0) is 16.1 Å². The molecular formula is C17H24FN3O3. The Morgan fingerprint density at radius 2 is 1.83 bits per heavy atom. The Kier molecular flexibility index (Phi) is 6.01. The smallest absolute Gasteiger partial charge is 0.320 e. The molecule has 24 heavy (non-hydrogen) atoms. The van der Waals surface area contributed by atoms with Crippen molar-refractivity contribution in [3.63, 3.8) is 0 Å². The van der Waals surface area contributed by atoms with Crippen LogP contribution in [0.3, 0.4) is 0 Å². The third kappa shape index (κ3) is 5.65. The molecule has 1 aliphatic heterocycles. The van der Waals surface area contributed by atoms with Crippen LogP contribution >= 0.6 is 0 Å². The van der Waals surface area contributed by atoms with Gasteiger partial charge in [-0.2, -0.15) is 0 Å². The molecule has 1 aromatic carbocycles. The summed E-state index contributed by atoms with van der Waals surface area (Å²) in [5.41, 5.74) is 0.219. The summed E-state index contributed by atoms with van der Waals surface area (Å²) in [5.74, 6) is -0.565. The van der Waals surface area contributed by atoms with E-state index in [-0.39, 0.29) is 24.0 Å². The molecule has 0 unspecified atom stereocenters. The number of nitrogens with zero attached hydrogens (tertiary/aromatic N) is 3. The number of carbonyl (C=O) groups is 1. The highest BCUT2D eigenvalue weighted by Gasteiger charge is 2.23. The van der Waals surface area contributed by atoms with Crippen LogP contribution in [0.15, 0.2) is 23.4 Å². The molecule has 0 aromatic heterocycles. The van der Waals surface area contributed by atoms with Crippen molar-refractivity contribution in [1.82, 2.24) is 9.80 Å². The van der Waals surface area contributed by atoms with Gasteiger partial charge >= 0.3 is 5.97 Å². The zero-order valence-corrected chi connectivity index (χ0v) is 14.4. The molecule has 1 fully saturated rings. The number of benzene rings is 1. The summed E-state index contributed by atoms with van der Waals surface area (Å²) in [5, 5.41) is 2.84. The summed E-state index contributed by atoms with van der Waals surface area (Å²) in [6.45, 7) is 9.11. The summed E-state index contributed by atoms with van der Waals surface area (Å²) in [4.78, 5) is 26.5. The molecule has 0 amide bonds. The van der Waals surface area contributed by atoms with E-state index < -0.39 is 5.60 Å². The van der Waals surface area contributed by atoms with Crippen LogP contribution in [0.5, 0.6) is 0 Å². The molecule has 132 valence electrons. The van der Waals surface area contributed by atoms with E-state index in [2.05, 4.69) is 10.1 Å². The van der Waals surface area contributed by atoms with Gasteiger partial charge in [-0.1, -0.05) is 0 Å². The Bertz CT molecular complexity index is 593. The highest BCUT2D eigenvalue weighted by atomic mass is 19.1. The van der Waals surface area contributed by atoms with Crippen molar-refractivity contribution in [2.45, 2.75) is 32.9 Å². The van der Waals surface area contributed by atoms with E-state index in [4.69, 9.17) is 4.74 Å². The van der Waals surface area contributed by atoms with E-state index in [9.17, 15) is 14.1 Å². The maximum atomic E-state index is 13.8. The average molecular weight is 337 g/mol. The molecule has 0 radical (unpaired) electrons. The van der Waals surface area contributed by atoms with Gasteiger partial charge in [0, 0.05) is 38.3 Å². The Morgan fingerprint density at radius 3 is 2.42 bits per heavy atom. The second-order valence-electron chi connectivity index (χ2n) is 7.01. The molecule has 0 bridgehead atoms. The van der Waals surface area contributed by atoms with Gasteiger partial charge in [-0.25, -0.2) is 4.39 Å². The Morgan fingerprint density at radius 1 is 1.21 bits per heavy atom. The van der Waals surface area contributed by atoms with E-state index in [1.54, 1.807) is 0 Å². The van der Waals surface area contributed by atoms with Crippen molar-refractivity contribution in [3.05, 3.63) is 34.5 Å². The van der Waals surface area contributed by atoms with E-state index in [1.165, 1.54) is 18.2 Å². The Labute approximate surface area is 141 Å². The molecule has 1 aromatic rings. The van der Waals surface area contributed by atoms with Gasteiger partial charge in [0.1, 0.15) is 17.1 Å².